The van der Waals surface area contributed by atoms with E-state index in [0.717, 1.165) is 64.6 Å². The van der Waals surface area contributed by atoms with E-state index in [1.165, 1.54) is 0 Å². The van der Waals surface area contributed by atoms with Gasteiger partial charge in [0, 0.05) is 46.5 Å². The molecular weight excluding hydrogens is 1050 g/mol. The predicted molar refractivity (Wildman–Crippen MR) is 291 cm³/mol. The Morgan fingerprint density at radius 1 is 0.443 bits per heavy atom. The van der Waals surface area contributed by atoms with Gasteiger partial charge < -0.3 is 19.3 Å². The summed E-state index contributed by atoms with van der Waals surface area (Å²) in [5.74, 6) is 2.03. The Morgan fingerprint density at radius 3 is 1.37 bits per heavy atom. The number of rotatable bonds is 20. The summed E-state index contributed by atoms with van der Waals surface area (Å²) in [7, 11) is -8.47. The van der Waals surface area contributed by atoms with E-state index in [1.807, 2.05) is 184 Å². The SMILES string of the molecule is Cc1c(NS(=O)(=O)CN(c2cccc(N(Cc3ccc(Oc4ccccc4)cc3)Cc3cccc(Br)c3)c2C)S(C)(=O)=O)cccc1N(Cc1ccc(Br)cc1)Cc1ccc(Oc2ccccc2)cc1. The van der Waals surface area contributed by atoms with Crippen molar-refractivity contribution in [1.29, 1.82) is 0 Å². The maximum absolute atomic E-state index is 14.4. The molecule has 0 fully saturated rings. The molecule has 0 aliphatic heterocycles. The van der Waals surface area contributed by atoms with E-state index in [2.05, 4.69) is 46.4 Å². The molecule has 0 aromatic heterocycles. The number of halogens is 2. The maximum Gasteiger partial charge on any atom is 0.252 e. The molecule has 0 spiro atoms. The number of nitrogens with one attached hydrogen (secondary N) is 1. The van der Waals surface area contributed by atoms with Gasteiger partial charge in [0.2, 0.25) is 10.0 Å². The van der Waals surface area contributed by atoms with Gasteiger partial charge in [-0.15, -0.1) is 0 Å². The van der Waals surface area contributed by atoms with Crippen LogP contribution in [0.4, 0.5) is 22.7 Å². The van der Waals surface area contributed by atoms with Gasteiger partial charge in [-0.2, -0.15) is 0 Å². The summed E-state index contributed by atoms with van der Waals surface area (Å²) >= 11 is 7.15. The van der Waals surface area contributed by atoms with Crippen LogP contribution in [0.25, 0.3) is 0 Å². The molecule has 0 radical (unpaired) electrons. The summed E-state index contributed by atoms with van der Waals surface area (Å²) in [5.41, 5.74) is 7.51. The Hall–Kier alpha value is -6.58. The largest absolute Gasteiger partial charge is 0.457 e. The lowest BCUT2D eigenvalue weighted by molar-refractivity contribution is 0.482. The van der Waals surface area contributed by atoms with Crippen LogP contribution >= 0.6 is 31.9 Å². The van der Waals surface area contributed by atoms with E-state index < -0.39 is 25.9 Å². The summed E-state index contributed by atoms with van der Waals surface area (Å²) in [6.45, 7) is 5.66. The van der Waals surface area contributed by atoms with Crippen LogP contribution in [0.1, 0.15) is 33.4 Å². The molecule has 0 heterocycles. The number of ether oxygens (including phenoxy) is 2. The van der Waals surface area contributed by atoms with Crippen molar-refractivity contribution in [3.8, 4) is 23.0 Å². The smallest absolute Gasteiger partial charge is 0.252 e. The molecule has 0 saturated carbocycles. The first-order chi connectivity index (χ1) is 33.7. The van der Waals surface area contributed by atoms with Crippen molar-refractivity contribution in [3.63, 3.8) is 0 Å². The van der Waals surface area contributed by atoms with Crippen LogP contribution < -0.4 is 28.3 Å². The molecule has 0 amide bonds. The van der Waals surface area contributed by atoms with E-state index in [4.69, 9.17) is 9.47 Å². The summed E-state index contributed by atoms with van der Waals surface area (Å²) in [4.78, 5) is 4.34. The number of nitrogens with zero attached hydrogens (tertiary/aromatic N) is 3. The Bertz CT molecular complexity index is 3260. The molecule has 14 heteroatoms. The second-order valence-electron chi connectivity index (χ2n) is 16.9. The first-order valence-corrected chi connectivity index (χ1v) is 27.5. The lowest BCUT2D eigenvalue weighted by Crippen LogP contribution is -2.38. The fourth-order valence-corrected chi connectivity index (χ4v) is 11.7. The fourth-order valence-electron chi connectivity index (χ4n) is 8.13. The zero-order valence-electron chi connectivity index (χ0n) is 38.9. The maximum atomic E-state index is 14.4. The predicted octanol–water partition coefficient (Wildman–Crippen LogP) is 14.0. The van der Waals surface area contributed by atoms with Crippen molar-refractivity contribution < 1.29 is 26.3 Å². The molecule has 8 aromatic rings. The Morgan fingerprint density at radius 2 is 0.871 bits per heavy atom. The monoisotopic (exact) mass is 1100 g/mol. The van der Waals surface area contributed by atoms with Gasteiger partial charge in [0.1, 0.15) is 23.0 Å². The van der Waals surface area contributed by atoms with Crippen molar-refractivity contribution in [3.05, 3.63) is 236 Å². The van der Waals surface area contributed by atoms with Gasteiger partial charge in [-0.1, -0.05) is 129 Å². The van der Waals surface area contributed by atoms with Gasteiger partial charge >= 0.3 is 0 Å². The van der Waals surface area contributed by atoms with Crippen LogP contribution in [0, 0.1) is 13.8 Å². The van der Waals surface area contributed by atoms with Crippen LogP contribution in [-0.2, 0) is 46.2 Å². The van der Waals surface area contributed by atoms with E-state index in [9.17, 15) is 16.8 Å². The minimum absolute atomic E-state index is 0.252. The molecule has 0 aliphatic rings. The van der Waals surface area contributed by atoms with E-state index in [-0.39, 0.29) is 5.69 Å². The number of benzene rings is 8. The zero-order valence-corrected chi connectivity index (χ0v) is 43.7. The Kier molecular flexibility index (Phi) is 16.0. The summed E-state index contributed by atoms with van der Waals surface area (Å²) in [6.07, 6.45) is 1.03. The summed E-state index contributed by atoms with van der Waals surface area (Å²) < 4.78 is 73.9. The standard InChI is InChI=1S/C56H52Br2N4O6S2/c1-41-53(19-11-20-54(41)60(36-43-23-29-47(57)30-24-43)37-44-25-31-51(32-26-44)67-49-15-6-4-7-16-49)59-70(65,66)40-62(69(3,63)64)56-22-12-21-55(42(56)2)61(39-46-13-10-14-48(58)35-46)38-45-27-33-52(34-28-45)68-50-17-8-5-9-18-50/h4-35,59H,36-40H2,1-3H3. The van der Waals surface area contributed by atoms with Crippen LogP contribution in [0.3, 0.4) is 0 Å². The van der Waals surface area contributed by atoms with Crippen molar-refractivity contribution in [2.75, 3.05) is 31.0 Å². The highest BCUT2D eigenvalue weighted by atomic mass is 79.9. The molecule has 8 aromatic carbocycles. The lowest BCUT2D eigenvalue weighted by atomic mass is 10.1. The molecule has 0 aliphatic carbocycles. The van der Waals surface area contributed by atoms with Crippen LogP contribution in [0.2, 0.25) is 0 Å². The highest BCUT2D eigenvalue weighted by Crippen LogP contribution is 2.36. The third kappa shape index (κ3) is 13.4. The normalized spacial score (nSPS) is 11.4. The van der Waals surface area contributed by atoms with E-state index in [1.54, 1.807) is 24.3 Å². The lowest BCUT2D eigenvalue weighted by Gasteiger charge is -2.31. The van der Waals surface area contributed by atoms with Crippen molar-refractivity contribution >= 4 is 74.7 Å². The van der Waals surface area contributed by atoms with E-state index in [0.29, 0.717) is 54.5 Å². The first kappa shape index (κ1) is 49.8. The quantitative estimate of drug-likeness (QED) is 0.0804. The minimum Gasteiger partial charge on any atom is -0.457 e. The van der Waals surface area contributed by atoms with Crippen LogP contribution in [0.15, 0.2) is 203 Å². The van der Waals surface area contributed by atoms with Gasteiger partial charge in [-0.05, 0) is 144 Å². The van der Waals surface area contributed by atoms with Gasteiger partial charge in [0.15, 0.2) is 5.88 Å². The topological polar surface area (TPSA) is 108 Å². The number of anilines is 4. The molecule has 0 unspecified atom stereocenters. The zero-order chi connectivity index (χ0) is 49.3. The molecule has 10 nitrogen and oxygen atoms in total. The third-order valence-corrected chi connectivity index (χ3v) is 15.0. The van der Waals surface area contributed by atoms with Crippen LogP contribution in [0.5, 0.6) is 23.0 Å². The van der Waals surface area contributed by atoms with Crippen molar-refractivity contribution in [2.24, 2.45) is 0 Å². The molecular formula is C56H52Br2N4O6S2. The summed E-state index contributed by atoms with van der Waals surface area (Å²) in [6, 6.07) is 61.8. The molecule has 0 atom stereocenters. The Balaban J connectivity index is 1.05. The average molecular weight is 1100 g/mol. The number of hydrogen-bond acceptors (Lipinski definition) is 8. The highest BCUT2D eigenvalue weighted by Gasteiger charge is 2.28. The minimum atomic E-state index is -4.33. The molecule has 70 heavy (non-hydrogen) atoms. The fraction of sp³-hybridized carbons (Fsp3) is 0.143. The van der Waals surface area contributed by atoms with Crippen molar-refractivity contribution in [1.82, 2.24) is 0 Å². The number of sulfonamides is 2. The van der Waals surface area contributed by atoms with Crippen molar-refractivity contribution in [2.45, 2.75) is 40.0 Å². The van der Waals surface area contributed by atoms with E-state index >= 15 is 0 Å². The Labute approximate surface area is 428 Å². The number of para-hydroxylation sites is 2. The first-order valence-electron chi connectivity index (χ1n) is 22.5. The van der Waals surface area contributed by atoms with Gasteiger partial charge in [0.25, 0.3) is 10.0 Å². The molecule has 358 valence electrons. The second kappa shape index (κ2) is 22.4. The third-order valence-electron chi connectivity index (χ3n) is 11.6. The van der Waals surface area contributed by atoms with Gasteiger partial charge in [-0.25, -0.2) is 16.8 Å². The van der Waals surface area contributed by atoms with Gasteiger partial charge in [-0.3, -0.25) is 9.03 Å². The summed E-state index contributed by atoms with van der Waals surface area (Å²) in [5, 5.41) is 0. The molecule has 0 saturated heterocycles. The van der Waals surface area contributed by atoms with Gasteiger partial charge in [0.05, 0.1) is 17.6 Å². The molecule has 1 N–H and O–H groups in total. The highest BCUT2D eigenvalue weighted by molar-refractivity contribution is 9.10. The number of hydrogen-bond donors (Lipinski definition) is 1. The molecule has 8 rings (SSSR count). The van der Waals surface area contributed by atoms with Crippen LogP contribution in [-0.4, -0.2) is 29.0 Å². The second-order valence-corrected chi connectivity index (χ2v) is 22.3. The average Bonchev–Trinajstić information content (AvgIpc) is 3.33. The molecule has 0 bridgehead atoms.